The Labute approximate surface area is 129 Å². The molecule has 0 spiro atoms. The van der Waals surface area contributed by atoms with Gasteiger partial charge in [-0.05, 0) is 25.3 Å². The highest BCUT2D eigenvalue weighted by molar-refractivity contribution is 7.10. The topological polar surface area (TPSA) is 52.7 Å². The monoisotopic (exact) mass is 309 g/mol. The fraction of sp³-hybridized carbons (Fsp3) is 0.600. The van der Waals surface area contributed by atoms with E-state index in [4.69, 9.17) is 0 Å². The molecule has 0 aliphatic carbocycles. The van der Waals surface area contributed by atoms with Crippen LogP contribution in [-0.4, -0.2) is 60.4 Å². The van der Waals surface area contributed by atoms with E-state index in [-0.39, 0.29) is 17.9 Å². The smallest absolute Gasteiger partial charge is 0.234 e. The van der Waals surface area contributed by atoms with E-state index in [1.54, 1.807) is 11.3 Å². The number of hydrogen-bond donors (Lipinski definition) is 1. The number of carbonyl (C=O) groups is 2. The zero-order valence-electron chi connectivity index (χ0n) is 12.7. The summed E-state index contributed by atoms with van der Waals surface area (Å²) < 4.78 is 0. The number of nitrogens with one attached hydrogen (secondary N) is 1. The second-order valence-electron chi connectivity index (χ2n) is 5.64. The molecule has 116 valence electrons. The third-order valence-electron chi connectivity index (χ3n) is 3.45. The quantitative estimate of drug-likeness (QED) is 0.881. The first-order valence-corrected chi connectivity index (χ1v) is 8.24. The van der Waals surface area contributed by atoms with Crippen molar-refractivity contribution in [2.75, 3.05) is 32.7 Å². The van der Waals surface area contributed by atoms with Crippen LogP contribution in [0.25, 0.3) is 0 Å². The second-order valence-corrected chi connectivity index (χ2v) is 6.67. The summed E-state index contributed by atoms with van der Waals surface area (Å²) in [4.78, 5) is 29.0. The van der Waals surface area contributed by atoms with Crippen molar-refractivity contribution in [3.8, 4) is 0 Å². The van der Waals surface area contributed by atoms with Gasteiger partial charge in [0.15, 0.2) is 0 Å². The Hall–Kier alpha value is -1.40. The molecule has 0 unspecified atom stereocenters. The lowest BCUT2D eigenvalue weighted by molar-refractivity contribution is -0.132. The first-order valence-electron chi connectivity index (χ1n) is 7.36. The van der Waals surface area contributed by atoms with Crippen LogP contribution < -0.4 is 5.32 Å². The molecule has 2 rings (SSSR count). The molecule has 0 bridgehead atoms. The van der Waals surface area contributed by atoms with Crippen LogP contribution in [-0.2, 0) is 16.0 Å². The van der Waals surface area contributed by atoms with Gasteiger partial charge >= 0.3 is 0 Å². The minimum atomic E-state index is 0.0587. The Balaban J connectivity index is 1.72. The molecule has 1 aliphatic rings. The number of piperazine rings is 1. The van der Waals surface area contributed by atoms with E-state index in [0.29, 0.717) is 26.1 Å². The Morgan fingerprint density at radius 3 is 2.57 bits per heavy atom. The summed E-state index contributed by atoms with van der Waals surface area (Å²) in [5, 5.41) is 4.89. The summed E-state index contributed by atoms with van der Waals surface area (Å²) in [6, 6.07) is 4.14. The number of thiophene rings is 1. The van der Waals surface area contributed by atoms with Crippen LogP contribution in [0.15, 0.2) is 17.5 Å². The van der Waals surface area contributed by atoms with Gasteiger partial charge in [-0.1, -0.05) is 6.07 Å². The molecule has 2 heterocycles. The number of amides is 2. The molecule has 1 aliphatic heterocycles. The van der Waals surface area contributed by atoms with Gasteiger partial charge < -0.3 is 10.2 Å². The maximum Gasteiger partial charge on any atom is 0.234 e. The third-order valence-corrected chi connectivity index (χ3v) is 4.32. The molecular weight excluding hydrogens is 286 g/mol. The summed E-state index contributed by atoms with van der Waals surface area (Å²) in [6.45, 7) is 7.28. The van der Waals surface area contributed by atoms with Crippen molar-refractivity contribution >= 4 is 23.2 Å². The Morgan fingerprint density at radius 2 is 2.00 bits per heavy atom. The molecule has 5 nitrogen and oxygen atoms in total. The van der Waals surface area contributed by atoms with Crippen LogP contribution in [0, 0.1) is 0 Å². The average Bonchev–Trinajstić information content (AvgIpc) is 2.91. The SMILES string of the molecule is CC(C)NC(=O)CN1CCN(C(=O)Cc2cccs2)CC1. The second kappa shape index (κ2) is 7.56. The van der Waals surface area contributed by atoms with Crippen molar-refractivity contribution < 1.29 is 9.59 Å². The molecule has 21 heavy (non-hydrogen) atoms. The number of carbonyl (C=O) groups excluding carboxylic acids is 2. The highest BCUT2D eigenvalue weighted by Crippen LogP contribution is 2.12. The van der Waals surface area contributed by atoms with Gasteiger partial charge in [-0.2, -0.15) is 0 Å². The van der Waals surface area contributed by atoms with E-state index in [1.165, 1.54) is 0 Å². The van der Waals surface area contributed by atoms with Crippen LogP contribution in [0.4, 0.5) is 0 Å². The minimum absolute atomic E-state index is 0.0587. The normalized spacial score (nSPS) is 16.2. The third kappa shape index (κ3) is 5.13. The largest absolute Gasteiger partial charge is 0.353 e. The minimum Gasteiger partial charge on any atom is -0.353 e. The van der Waals surface area contributed by atoms with E-state index in [2.05, 4.69) is 10.2 Å². The highest BCUT2D eigenvalue weighted by atomic mass is 32.1. The van der Waals surface area contributed by atoms with Crippen molar-refractivity contribution in [2.45, 2.75) is 26.3 Å². The standard InChI is InChI=1S/C15H23N3O2S/c1-12(2)16-14(19)11-17-5-7-18(8-6-17)15(20)10-13-4-3-9-21-13/h3-4,9,12H,5-8,10-11H2,1-2H3,(H,16,19). The molecule has 6 heteroatoms. The number of hydrogen-bond acceptors (Lipinski definition) is 4. The molecule has 1 aromatic rings. The van der Waals surface area contributed by atoms with Crippen molar-refractivity contribution in [3.63, 3.8) is 0 Å². The number of rotatable bonds is 5. The average molecular weight is 309 g/mol. The molecule has 1 saturated heterocycles. The van der Waals surface area contributed by atoms with Crippen molar-refractivity contribution in [1.82, 2.24) is 15.1 Å². The zero-order valence-corrected chi connectivity index (χ0v) is 13.5. The van der Waals surface area contributed by atoms with E-state index in [0.717, 1.165) is 18.0 Å². The summed E-state index contributed by atoms with van der Waals surface area (Å²) in [6.07, 6.45) is 0.492. The van der Waals surface area contributed by atoms with Gasteiger partial charge in [-0.25, -0.2) is 0 Å². The summed E-state index contributed by atoms with van der Waals surface area (Å²) in [5.74, 6) is 0.243. The van der Waals surface area contributed by atoms with E-state index < -0.39 is 0 Å². The molecular formula is C15H23N3O2S. The van der Waals surface area contributed by atoms with Gasteiger partial charge in [0.05, 0.1) is 13.0 Å². The fourth-order valence-electron chi connectivity index (χ4n) is 2.40. The Bertz CT molecular complexity index is 465. The van der Waals surface area contributed by atoms with Gasteiger partial charge in [0.25, 0.3) is 0 Å². The van der Waals surface area contributed by atoms with Gasteiger partial charge in [0, 0.05) is 37.1 Å². The van der Waals surface area contributed by atoms with Crippen molar-refractivity contribution in [1.29, 1.82) is 0 Å². The summed E-state index contributed by atoms with van der Waals surface area (Å²) in [7, 11) is 0. The number of nitrogens with zero attached hydrogens (tertiary/aromatic N) is 2. The van der Waals surface area contributed by atoms with Crippen LogP contribution in [0.3, 0.4) is 0 Å². The predicted octanol–water partition coefficient (Wildman–Crippen LogP) is 0.959. The molecule has 0 radical (unpaired) electrons. The first-order chi connectivity index (χ1) is 10.0. The van der Waals surface area contributed by atoms with Gasteiger partial charge in [0.2, 0.25) is 11.8 Å². The van der Waals surface area contributed by atoms with Crippen LogP contribution >= 0.6 is 11.3 Å². The van der Waals surface area contributed by atoms with Gasteiger partial charge in [-0.15, -0.1) is 11.3 Å². The molecule has 0 aromatic carbocycles. The summed E-state index contributed by atoms with van der Waals surface area (Å²) in [5.41, 5.74) is 0. The van der Waals surface area contributed by atoms with Crippen molar-refractivity contribution in [3.05, 3.63) is 22.4 Å². The molecule has 2 amide bonds. The van der Waals surface area contributed by atoms with Crippen molar-refractivity contribution in [2.24, 2.45) is 0 Å². The Kier molecular flexibility index (Phi) is 5.76. The Morgan fingerprint density at radius 1 is 1.29 bits per heavy atom. The van der Waals surface area contributed by atoms with Crippen LogP contribution in [0.1, 0.15) is 18.7 Å². The lowest BCUT2D eigenvalue weighted by atomic mass is 10.2. The molecule has 1 aromatic heterocycles. The zero-order chi connectivity index (χ0) is 15.2. The van der Waals surface area contributed by atoms with E-state index in [1.807, 2.05) is 36.3 Å². The summed E-state index contributed by atoms with van der Waals surface area (Å²) >= 11 is 1.62. The lowest BCUT2D eigenvalue weighted by Gasteiger charge is -2.34. The molecule has 0 saturated carbocycles. The van der Waals surface area contributed by atoms with E-state index in [9.17, 15) is 9.59 Å². The fourth-order valence-corrected chi connectivity index (χ4v) is 3.10. The van der Waals surface area contributed by atoms with Gasteiger partial charge in [0.1, 0.15) is 0 Å². The van der Waals surface area contributed by atoms with E-state index >= 15 is 0 Å². The maximum absolute atomic E-state index is 12.2. The van der Waals surface area contributed by atoms with Gasteiger partial charge in [-0.3, -0.25) is 14.5 Å². The molecule has 1 N–H and O–H groups in total. The molecule has 1 fully saturated rings. The van der Waals surface area contributed by atoms with Crippen LogP contribution in [0.2, 0.25) is 0 Å². The highest BCUT2D eigenvalue weighted by Gasteiger charge is 2.22. The van der Waals surface area contributed by atoms with Crippen LogP contribution in [0.5, 0.6) is 0 Å². The maximum atomic E-state index is 12.2. The predicted molar refractivity (Wildman–Crippen MR) is 84.3 cm³/mol. The molecule has 0 atom stereocenters. The first kappa shape index (κ1) is 16.0. The lowest BCUT2D eigenvalue weighted by Crippen LogP contribution is -2.51.